The maximum absolute atomic E-state index is 13.4. The summed E-state index contributed by atoms with van der Waals surface area (Å²) in [6.45, 7) is 4.59. The van der Waals surface area contributed by atoms with E-state index in [1.165, 1.54) is 12.1 Å². The Kier molecular flexibility index (Phi) is 6.61. The molecule has 5 heteroatoms. The minimum absolute atomic E-state index is 0.123. The van der Waals surface area contributed by atoms with Crippen LogP contribution < -0.4 is 14.8 Å². The molecule has 1 atom stereocenters. The molecule has 1 N–H and O–H groups in total. The Balaban J connectivity index is 1.78. The first kappa shape index (κ1) is 17.8. The fourth-order valence-corrected chi connectivity index (χ4v) is 2.23. The maximum Gasteiger partial charge on any atom is 0.223 e. The Morgan fingerprint density at radius 2 is 1.83 bits per heavy atom. The summed E-state index contributed by atoms with van der Waals surface area (Å²) >= 11 is 0. The number of rotatable bonds is 8. The SMILES string of the molecule is CCOc1ccc(C(C)NC(=O)CCOc2ccccc2F)cc1. The van der Waals surface area contributed by atoms with Crippen LogP contribution in [0.4, 0.5) is 4.39 Å². The average Bonchev–Trinajstić information content (AvgIpc) is 2.57. The molecule has 2 rings (SSSR count). The van der Waals surface area contributed by atoms with Gasteiger partial charge >= 0.3 is 0 Å². The van der Waals surface area contributed by atoms with Crippen molar-refractivity contribution < 1.29 is 18.7 Å². The molecule has 0 bridgehead atoms. The van der Waals surface area contributed by atoms with E-state index in [0.29, 0.717) is 6.61 Å². The minimum Gasteiger partial charge on any atom is -0.494 e. The smallest absolute Gasteiger partial charge is 0.223 e. The van der Waals surface area contributed by atoms with E-state index >= 15 is 0 Å². The van der Waals surface area contributed by atoms with Gasteiger partial charge in [0.05, 0.1) is 25.7 Å². The molecule has 0 aliphatic carbocycles. The van der Waals surface area contributed by atoms with Gasteiger partial charge in [-0.1, -0.05) is 24.3 Å². The van der Waals surface area contributed by atoms with E-state index in [1.807, 2.05) is 38.1 Å². The van der Waals surface area contributed by atoms with Gasteiger partial charge in [0.1, 0.15) is 5.75 Å². The highest BCUT2D eigenvalue weighted by Crippen LogP contribution is 2.18. The third-order valence-electron chi connectivity index (χ3n) is 3.49. The zero-order valence-electron chi connectivity index (χ0n) is 13.9. The van der Waals surface area contributed by atoms with Crippen molar-refractivity contribution in [3.8, 4) is 11.5 Å². The number of hydrogen-bond donors (Lipinski definition) is 1. The Bertz CT molecular complexity index is 658. The molecule has 0 radical (unpaired) electrons. The fourth-order valence-electron chi connectivity index (χ4n) is 2.23. The van der Waals surface area contributed by atoms with Crippen LogP contribution in [0.15, 0.2) is 48.5 Å². The third-order valence-corrected chi connectivity index (χ3v) is 3.49. The van der Waals surface area contributed by atoms with Crippen molar-refractivity contribution in [2.24, 2.45) is 0 Å². The lowest BCUT2D eigenvalue weighted by molar-refractivity contribution is -0.122. The van der Waals surface area contributed by atoms with Crippen LogP contribution in [0.1, 0.15) is 31.9 Å². The van der Waals surface area contributed by atoms with E-state index in [2.05, 4.69) is 5.32 Å². The molecular weight excluding hydrogens is 309 g/mol. The van der Waals surface area contributed by atoms with Gasteiger partial charge in [-0.3, -0.25) is 4.79 Å². The first-order chi connectivity index (χ1) is 11.6. The lowest BCUT2D eigenvalue weighted by Gasteiger charge is -2.15. The van der Waals surface area contributed by atoms with Crippen molar-refractivity contribution in [3.05, 3.63) is 59.9 Å². The quantitative estimate of drug-likeness (QED) is 0.799. The monoisotopic (exact) mass is 331 g/mol. The molecule has 1 unspecified atom stereocenters. The molecule has 0 fully saturated rings. The van der Waals surface area contributed by atoms with Gasteiger partial charge in [0.25, 0.3) is 0 Å². The van der Waals surface area contributed by atoms with Gasteiger partial charge in [-0.15, -0.1) is 0 Å². The molecule has 1 amide bonds. The van der Waals surface area contributed by atoms with Crippen LogP contribution in [0.25, 0.3) is 0 Å². The Morgan fingerprint density at radius 1 is 1.12 bits per heavy atom. The van der Waals surface area contributed by atoms with Crippen molar-refractivity contribution in [1.29, 1.82) is 0 Å². The highest BCUT2D eigenvalue weighted by atomic mass is 19.1. The first-order valence-electron chi connectivity index (χ1n) is 7.99. The molecule has 128 valence electrons. The van der Waals surface area contributed by atoms with Crippen molar-refractivity contribution >= 4 is 5.91 Å². The number of nitrogens with one attached hydrogen (secondary N) is 1. The summed E-state index contributed by atoms with van der Waals surface area (Å²) in [7, 11) is 0. The van der Waals surface area contributed by atoms with Crippen LogP contribution in [0.3, 0.4) is 0 Å². The van der Waals surface area contributed by atoms with Gasteiger partial charge in [-0.05, 0) is 43.7 Å². The number of hydrogen-bond acceptors (Lipinski definition) is 3. The van der Waals surface area contributed by atoms with Crippen LogP contribution in [-0.4, -0.2) is 19.1 Å². The largest absolute Gasteiger partial charge is 0.494 e. The molecular formula is C19H22FNO3. The Hall–Kier alpha value is -2.56. The summed E-state index contributed by atoms with van der Waals surface area (Å²) in [4.78, 5) is 12.0. The number of amides is 1. The lowest BCUT2D eigenvalue weighted by atomic mass is 10.1. The minimum atomic E-state index is -0.430. The van der Waals surface area contributed by atoms with Crippen molar-refractivity contribution in [2.75, 3.05) is 13.2 Å². The predicted octanol–water partition coefficient (Wildman–Crippen LogP) is 3.87. The zero-order chi connectivity index (χ0) is 17.4. The van der Waals surface area contributed by atoms with Gasteiger partial charge in [-0.2, -0.15) is 0 Å². The highest BCUT2D eigenvalue weighted by Gasteiger charge is 2.10. The normalized spacial score (nSPS) is 11.6. The molecule has 0 heterocycles. The second-order valence-corrected chi connectivity index (χ2v) is 5.32. The van der Waals surface area contributed by atoms with E-state index < -0.39 is 5.82 Å². The molecule has 0 saturated heterocycles. The summed E-state index contributed by atoms with van der Waals surface area (Å²) in [5, 5.41) is 2.90. The third kappa shape index (κ3) is 5.26. The maximum atomic E-state index is 13.4. The van der Waals surface area contributed by atoms with E-state index in [9.17, 15) is 9.18 Å². The van der Waals surface area contributed by atoms with Crippen LogP contribution in [-0.2, 0) is 4.79 Å². The molecule has 0 saturated carbocycles. The lowest BCUT2D eigenvalue weighted by Crippen LogP contribution is -2.27. The van der Waals surface area contributed by atoms with Crippen molar-refractivity contribution in [3.63, 3.8) is 0 Å². The molecule has 2 aromatic carbocycles. The zero-order valence-corrected chi connectivity index (χ0v) is 13.9. The Labute approximate surface area is 141 Å². The van der Waals surface area contributed by atoms with E-state index in [4.69, 9.17) is 9.47 Å². The number of ether oxygens (including phenoxy) is 2. The molecule has 4 nitrogen and oxygen atoms in total. The fraction of sp³-hybridized carbons (Fsp3) is 0.316. The molecule has 24 heavy (non-hydrogen) atoms. The molecule has 0 spiro atoms. The van der Waals surface area contributed by atoms with E-state index in [-0.39, 0.29) is 30.7 Å². The first-order valence-corrected chi connectivity index (χ1v) is 7.99. The van der Waals surface area contributed by atoms with Crippen molar-refractivity contribution in [1.82, 2.24) is 5.32 Å². The van der Waals surface area contributed by atoms with Gasteiger partial charge in [0.15, 0.2) is 11.6 Å². The Morgan fingerprint density at radius 3 is 2.50 bits per heavy atom. The molecule has 0 aliphatic rings. The van der Waals surface area contributed by atoms with Crippen LogP contribution in [0, 0.1) is 5.82 Å². The molecule has 2 aromatic rings. The summed E-state index contributed by atoms with van der Waals surface area (Å²) < 4.78 is 24.1. The summed E-state index contributed by atoms with van der Waals surface area (Å²) in [5.74, 6) is 0.385. The standard InChI is InChI=1S/C19H22FNO3/c1-3-23-16-10-8-15(9-11-16)14(2)21-19(22)12-13-24-18-7-5-4-6-17(18)20/h4-11,14H,3,12-13H2,1-2H3,(H,21,22). The van der Waals surface area contributed by atoms with Gasteiger partial charge in [-0.25, -0.2) is 4.39 Å². The summed E-state index contributed by atoms with van der Waals surface area (Å²) in [6.07, 6.45) is 0.162. The molecule has 0 aromatic heterocycles. The van der Waals surface area contributed by atoms with Crippen LogP contribution in [0.5, 0.6) is 11.5 Å². The number of halogens is 1. The van der Waals surface area contributed by atoms with Gasteiger partial charge in [0, 0.05) is 0 Å². The summed E-state index contributed by atoms with van der Waals surface area (Å²) in [5.41, 5.74) is 0.988. The number of para-hydroxylation sites is 1. The predicted molar refractivity (Wildman–Crippen MR) is 90.7 cm³/mol. The number of benzene rings is 2. The van der Waals surface area contributed by atoms with Gasteiger partial charge in [0.2, 0.25) is 5.91 Å². The van der Waals surface area contributed by atoms with Crippen molar-refractivity contribution in [2.45, 2.75) is 26.3 Å². The topological polar surface area (TPSA) is 47.6 Å². The van der Waals surface area contributed by atoms with Crippen LogP contribution in [0.2, 0.25) is 0 Å². The van der Waals surface area contributed by atoms with E-state index in [0.717, 1.165) is 11.3 Å². The highest BCUT2D eigenvalue weighted by molar-refractivity contribution is 5.76. The summed E-state index contributed by atoms with van der Waals surface area (Å²) in [6, 6.07) is 13.6. The second-order valence-electron chi connectivity index (χ2n) is 5.32. The van der Waals surface area contributed by atoms with Crippen LogP contribution >= 0.6 is 0 Å². The number of carbonyl (C=O) groups excluding carboxylic acids is 1. The number of carbonyl (C=O) groups is 1. The average molecular weight is 331 g/mol. The van der Waals surface area contributed by atoms with E-state index in [1.54, 1.807) is 12.1 Å². The molecule has 0 aliphatic heterocycles. The second kappa shape index (κ2) is 8.91. The van der Waals surface area contributed by atoms with Gasteiger partial charge < -0.3 is 14.8 Å².